The molecule has 8 nitrogen and oxygen atoms in total. The highest BCUT2D eigenvalue weighted by atomic mass is 19.3. The molecular weight excluding hydrogens is 401 g/mol. The number of ether oxygens (including phenoxy) is 1. The number of amides is 1. The van der Waals surface area contributed by atoms with Crippen molar-refractivity contribution in [2.24, 2.45) is 7.05 Å². The zero-order chi connectivity index (χ0) is 21.6. The van der Waals surface area contributed by atoms with Gasteiger partial charge in [0.05, 0.1) is 17.8 Å². The van der Waals surface area contributed by atoms with Crippen molar-refractivity contribution in [1.29, 1.82) is 0 Å². The van der Waals surface area contributed by atoms with Crippen LogP contribution in [0.1, 0.15) is 13.8 Å². The third kappa shape index (κ3) is 3.53. The van der Waals surface area contributed by atoms with E-state index in [9.17, 15) is 18.0 Å². The summed E-state index contributed by atoms with van der Waals surface area (Å²) in [5.74, 6) is -3.47. The van der Waals surface area contributed by atoms with Crippen LogP contribution in [-0.4, -0.2) is 42.8 Å². The van der Waals surface area contributed by atoms with Crippen LogP contribution in [0.4, 0.5) is 18.0 Å². The normalized spacial score (nSPS) is 13.0. The number of halogens is 3. The van der Waals surface area contributed by atoms with Gasteiger partial charge in [0.15, 0.2) is 16.9 Å². The van der Waals surface area contributed by atoms with E-state index in [1.54, 1.807) is 13.1 Å². The summed E-state index contributed by atoms with van der Waals surface area (Å²) in [6, 6.07) is 2.85. The average molecular weight is 418 g/mol. The van der Waals surface area contributed by atoms with Gasteiger partial charge in [0.1, 0.15) is 17.2 Å². The van der Waals surface area contributed by atoms with Crippen LogP contribution in [0.15, 0.2) is 30.6 Å². The Kier molecular flexibility index (Phi) is 4.60. The summed E-state index contributed by atoms with van der Waals surface area (Å²) in [6.45, 7) is 1.87. The van der Waals surface area contributed by atoms with E-state index in [4.69, 9.17) is 4.74 Å². The van der Waals surface area contributed by atoms with Crippen molar-refractivity contribution in [3.63, 3.8) is 0 Å². The average Bonchev–Trinajstić information content (AvgIpc) is 3.21. The largest absolute Gasteiger partial charge is 0.413 e. The molecule has 0 aliphatic rings. The second-order valence-electron chi connectivity index (χ2n) is 6.95. The molecule has 3 aromatic heterocycles. The van der Waals surface area contributed by atoms with E-state index in [1.165, 1.54) is 36.1 Å². The van der Waals surface area contributed by atoms with Crippen molar-refractivity contribution in [3.8, 4) is 17.1 Å². The van der Waals surface area contributed by atoms with E-state index in [0.717, 1.165) is 0 Å². The Balaban J connectivity index is 1.68. The Labute approximate surface area is 168 Å². The van der Waals surface area contributed by atoms with Crippen LogP contribution in [0.3, 0.4) is 0 Å². The lowest BCUT2D eigenvalue weighted by molar-refractivity contribution is -0.0102. The fourth-order valence-corrected chi connectivity index (χ4v) is 2.91. The van der Waals surface area contributed by atoms with Crippen molar-refractivity contribution in [2.45, 2.75) is 25.8 Å². The Morgan fingerprint density at radius 3 is 2.87 bits per heavy atom. The third-order valence-corrected chi connectivity index (χ3v) is 4.70. The number of hydrogen-bond acceptors (Lipinski definition) is 5. The molecule has 0 spiro atoms. The molecule has 3 heterocycles. The standard InChI is InChI=1S/C19H17F3N6O2/c1-9(19(2,21)22)25-18(29)30-14-8-24-17-16(14)26-12(7-23-17)15-11-5-4-10(20)6-13(11)28(3)27-15/h4-9H,1-3H3,(H,23,24)(H,25,29)/t9-/m1/s1. The minimum atomic E-state index is -3.11. The first-order chi connectivity index (χ1) is 14.1. The summed E-state index contributed by atoms with van der Waals surface area (Å²) in [5, 5.41) is 7.13. The maximum atomic E-state index is 13.6. The number of aryl methyl sites for hydroxylation is 1. The number of carbonyl (C=O) groups is 1. The van der Waals surface area contributed by atoms with Gasteiger partial charge in [-0.15, -0.1) is 0 Å². The maximum absolute atomic E-state index is 13.6. The Morgan fingerprint density at radius 1 is 1.37 bits per heavy atom. The smallest absolute Gasteiger partial charge is 0.406 e. The second kappa shape index (κ2) is 7.01. The summed E-state index contributed by atoms with van der Waals surface area (Å²) in [6.07, 6.45) is 1.79. The minimum absolute atomic E-state index is 0.0229. The molecule has 11 heteroatoms. The minimum Gasteiger partial charge on any atom is -0.406 e. The molecule has 1 atom stereocenters. The highest BCUT2D eigenvalue weighted by molar-refractivity contribution is 5.93. The number of nitrogens with one attached hydrogen (secondary N) is 2. The molecule has 0 bridgehead atoms. The first-order valence-electron chi connectivity index (χ1n) is 8.96. The second-order valence-corrected chi connectivity index (χ2v) is 6.95. The number of fused-ring (bicyclic) bond motifs is 2. The molecule has 30 heavy (non-hydrogen) atoms. The molecule has 0 radical (unpaired) electrons. The number of H-pyrrole nitrogens is 1. The van der Waals surface area contributed by atoms with Gasteiger partial charge in [0, 0.05) is 25.6 Å². The molecule has 4 aromatic rings. The van der Waals surface area contributed by atoms with Crippen molar-refractivity contribution in [3.05, 3.63) is 36.4 Å². The first kappa shape index (κ1) is 19.7. The number of alkyl halides is 2. The van der Waals surface area contributed by atoms with Crippen molar-refractivity contribution in [2.75, 3.05) is 0 Å². The van der Waals surface area contributed by atoms with E-state index in [-0.39, 0.29) is 11.3 Å². The summed E-state index contributed by atoms with van der Waals surface area (Å²) < 4.78 is 46.8. The van der Waals surface area contributed by atoms with Gasteiger partial charge < -0.3 is 15.0 Å². The number of aromatic amines is 1. The van der Waals surface area contributed by atoms with Crippen LogP contribution in [-0.2, 0) is 7.05 Å². The fourth-order valence-electron chi connectivity index (χ4n) is 2.91. The maximum Gasteiger partial charge on any atom is 0.413 e. The van der Waals surface area contributed by atoms with E-state index < -0.39 is 23.9 Å². The monoisotopic (exact) mass is 418 g/mol. The summed E-state index contributed by atoms with van der Waals surface area (Å²) >= 11 is 0. The Hall–Kier alpha value is -3.63. The predicted molar refractivity (Wildman–Crippen MR) is 103 cm³/mol. The molecular formula is C19H17F3N6O2. The molecule has 156 valence electrons. The molecule has 2 N–H and O–H groups in total. The zero-order valence-electron chi connectivity index (χ0n) is 16.2. The lowest BCUT2D eigenvalue weighted by Gasteiger charge is -2.19. The number of aromatic nitrogens is 5. The molecule has 4 rings (SSSR count). The highest BCUT2D eigenvalue weighted by Crippen LogP contribution is 2.30. The van der Waals surface area contributed by atoms with Crippen LogP contribution in [0.2, 0.25) is 0 Å². The molecule has 0 fully saturated rings. The van der Waals surface area contributed by atoms with E-state index in [2.05, 4.69) is 25.4 Å². The number of benzene rings is 1. The topological polar surface area (TPSA) is 97.7 Å². The quantitative estimate of drug-likeness (QED) is 0.526. The number of rotatable bonds is 4. The Morgan fingerprint density at radius 2 is 2.13 bits per heavy atom. The molecule has 1 aromatic carbocycles. The van der Waals surface area contributed by atoms with Gasteiger partial charge in [-0.05, 0) is 25.1 Å². The first-order valence-corrected chi connectivity index (χ1v) is 8.96. The molecule has 0 aliphatic carbocycles. The van der Waals surface area contributed by atoms with Gasteiger partial charge in [-0.25, -0.2) is 27.9 Å². The molecule has 0 aliphatic heterocycles. The fraction of sp³-hybridized carbons (Fsp3) is 0.263. The number of carbonyl (C=O) groups excluding carboxylic acids is 1. The van der Waals surface area contributed by atoms with Crippen LogP contribution in [0.5, 0.6) is 5.75 Å². The molecule has 0 saturated heterocycles. The summed E-state index contributed by atoms with van der Waals surface area (Å²) in [7, 11) is 1.68. The van der Waals surface area contributed by atoms with Gasteiger partial charge in [-0.1, -0.05) is 0 Å². The van der Waals surface area contributed by atoms with E-state index >= 15 is 0 Å². The molecule has 0 unspecified atom stereocenters. The van der Waals surface area contributed by atoms with Gasteiger partial charge in [-0.2, -0.15) is 5.10 Å². The SMILES string of the molecule is C[C@@H](NC(=O)Oc1c[nH]c2ncc(-c3nn(C)c4cc(F)ccc34)nc12)C(C)(F)F. The Bertz CT molecular complexity index is 1260. The lowest BCUT2D eigenvalue weighted by atomic mass is 10.1. The van der Waals surface area contributed by atoms with Crippen LogP contribution in [0, 0.1) is 5.82 Å². The zero-order valence-corrected chi connectivity index (χ0v) is 16.2. The van der Waals surface area contributed by atoms with Gasteiger partial charge >= 0.3 is 6.09 Å². The highest BCUT2D eigenvalue weighted by Gasteiger charge is 2.32. The van der Waals surface area contributed by atoms with Crippen molar-refractivity contribution < 1.29 is 22.7 Å². The van der Waals surface area contributed by atoms with Crippen molar-refractivity contribution in [1.82, 2.24) is 30.0 Å². The van der Waals surface area contributed by atoms with Gasteiger partial charge in [0.25, 0.3) is 5.92 Å². The summed E-state index contributed by atoms with van der Waals surface area (Å²) in [5.41, 5.74) is 1.98. The van der Waals surface area contributed by atoms with Gasteiger partial charge in [0.2, 0.25) is 0 Å². The van der Waals surface area contributed by atoms with Crippen LogP contribution in [0.25, 0.3) is 33.5 Å². The number of hydrogen-bond donors (Lipinski definition) is 2. The predicted octanol–water partition coefficient (Wildman–Crippen LogP) is 3.78. The van der Waals surface area contributed by atoms with Gasteiger partial charge in [-0.3, -0.25) is 4.68 Å². The van der Waals surface area contributed by atoms with E-state index in [0.29, 0.717) is 34.9 Å². The van der Waals surface area contributed by atoms with Crippen molar-refractivity contribution >= 4 is 28.2 Å². The molecule has 0 saturated carbocycles. The molecule has 1 amide bonds. The van der Waals surface area contributed by atoms with Crippen LogP contribution < -0.4 is 10.1 Å². The van der Waals surface area contributed by atoms with E-state index in [1.807, 2.05) is 0 Å². The lowest BCUT2D eigenvalue weighted by Crippen LogP contribution is -2.44. The van der Waals surface area contributed by atoms with Crippen LogP contribution >= 0.6 is 0 Å². The number of nitrogens with zero attached hydrogens (tertiary/aromatic N) is 4. The summed E-state index contributed by atoms with van der Waals surface area (Å²) in [4.78, 5) is 23.5. The third-order valence-electron chi connectivity index (χ3n) is 4.70.